The lowest BCUT2D eigenvalue weighted by Crippen LogP contribution is -2.64. The van der Waals surface area contributed by atoms with Gasteiger partial charge in [0, 0.05) is 44.3 Å². The van der Waals surface area contributed by atoms with Gasteiger partial charge >= 0.3 is 0 Å². The van der Waals surface area contributed by atoms with E-state index in [0.717, 1.165) is 51.3 Å². The highest BCUT2D eigenvalue weighted by molar-refractivity contribution is 9.10. The molecule has 3 fully saturated rings. The van der Waals surface area contributed by atoms with Gasteiger partial charge in [0.2, 0.25) is 0 Å². The van der Waals surface area contributed by atoms with E-state index in [2.05, 4.69) is 38.0 Å². The minimum absolute atomic E-state index is 0.0607. The Morgan fingerprint density at radius 2 is 2.10 bits per heavy atom. The van der Waals surface area contributed by atoms with Crippen molar-refractivity contribution < 1.29 is 4.39 Å². The predicted molar refractivity (Wildman–Crippen MR) is 86.9 cm³/mol. The number of hydrogen-bond acceptors (Lipinski definition) is 3. The van der Waals surface area contributed by atoms with Gasteiger partial charge in [-0.05, 0) is 35.0 Å². The van der Waals surface area contributed by atoms with Crippen LogP contribution in [0.2, 0.25) is 0 Å². The third-order valence-electron chi connectivity index (χ3n) is 4.64. The summed E-state index contributed by atoms with van der Waals surface area (Å²) in [5, 5.41) is 3.58. The molecule has 0 spiro atoms. The van der Waals surface area contributed by atoms with Crippen LogP contribution in [0.1, 0.15) is 24.9 Å². The fraction of sp³-hybridized carbons (Fsp3) is 0.625. The molecule has 1 aromatic rings. The molecule has 0 amide bonds. The van der Waals surface area contributed by atoms with Crippen LogP contribution >= 0.6 is 15.9 Å². The van der Waals surface area contributed by atoms with Crippen LogP contribution in [-0.2, 0) is 0 Å². The average Bonchev–Trinajstić information content (AvgIpc) is 2.53. The molecule has 2 atom stereocenters. The molecule has 0 saturated carbocycles. The Bertz CT molecular complexity index is 488. The fourth-order valence-corrected chi connectivity index (χ4v) is 3.87. The molecule has 3 nitrogen and oxygen atoms in total. The number of nitrogens with zero attached hydrogens (tertiary/aromatic N) is 2. The van der Waals surface area contributed by atoms with Crippen molar-refractivity contribution in [3.8, 4) is 0 Å². The Balaban J connectivity index is 1.88. The van der Waals surface area contributed by atoms with Gasteiger partial charge in [-0.15, -0.1) is 0 Å². The van der Waals surface area contributed by atoms with E-state index in [1.807, 2.05) is 12.1 Å². The minimum Gasteiger partial charge on any atom is -0.309 e. The Hall–Kier alpha value is -0.490. The van der Waals surface area contributed by atoms with Crippen molar-refractivity contribution in [2.24, 2.45) is 0 Å². The molecule has 4 rings (SSSR count). The Morgan fingerprint density at radius 1 is 1.33 bits per heavy atom. The summed E-state index contributed by atoms with van der Waals surface area (Å²) in [6.45, 7) is 8.61. The summed E-state index contributed by atoms with van der Waals surface area (Å²) >= 11 is 3.32. The second kappa shape index (κ2) is 6.73. The first-order valence-electron chi connectivity index (χ1n) is 7.84. The first-order chi connectivity index (χ1) is 10.2. The number of benzene rings is 1. The van der Waals surface area contributed by atoms with Crippen molar-refractivity contribution in [3.05, 3.63) is 34.1 Å². The monoisotopic (exact) mass is 355 g/mol. The number of hydrogen-bond donors (Lipinski definition) is 1. The van der Waals surface area contributed by atoms with E-state index in [1.54, 1.807) is 6.07 Å². The number of nitrogens with one attached hydrogen (secondary N) is 1. The number of rotatable bonds is 5. The van der Waals surface area contributed by atoms with E-state index in [-0.39, 0.29) is 11.9 Å². The van der Waals surface area contributed by atoms with Crippen LogP contribution in [0.4, 0.5) is 4.39 Å². The molecule has 0 aromatic heterocycles. The lowest BCUT2D eigenvalue weighted by atomic mass is 9.93. The molecule has 21 heavy (non-hydrogen) atoms. The molecule has 2 bridgehead atoms. The summed E-state index contributed by atoms with van der Waals surface area (Å²) in [5.41, 5.74) is 0.788. The summed E-state index contributed by atoms with van der Waals surface area (Å²) < 4.78 is 15.1. The number of piperazine rings is 3. The molecule has 2 unspecified atom stereocenters. The third kappa shape index (κ3) is 3.16. The topological polar surface area (TPSA) is 18.5 Å². The lowest BCUT2D eigenvalue weighted by Gasteiger charge is -2.50. The Labute approximate surface area is 134 Å². The van der Waals surface area contributed by atoms with Crippen molar-refractivity contribution in [1.82, 2.24) is 15.1 Å². The van der Waals surface area contributed by atoms with Gasteiger partial charge in [-0.25, -0.2) is 4.39 Å². The van der Waals surface area contributed by atoms with Gasteiger partial charge in [-0.3, -0.25) is 9.80 Å². The molecule has 3 heterocycles. The van der Waals surface area contributed by atoms with E-state index in [9.17, 15) is 4.39 Å². The minimum atomic E-state index is -0.122. The van der Waals surface area contributed by atoms with Crippen LogP contribution in [-0.4, -0.2) is 55.1 Å². The van der Waals surface area contributed by atoms with Gasteiger partial charge in [-0.2, -0.15) is 0 Å². The van der Waals surface area contributed by atoms with Gasteiger partial charge in [0.25, 0.3) is 0 Å². The highest BCUT2D eigenvalue weighted by Gasteiger charge is 2.38. The average molecular weight is 356 g/mol. The zero-order chi connectivity index (χ0) is 14.8. The summed E-state index contributed by atoms with van der Waals surface area (Å²) in [6, 6.07) is 6.05. The normalized spacial score (nSPS) is 29.6. The SMILES string of the molecule is CCCNC(c1cccc(Br)c1F)C1CN2CCN1CC2. The lowest BCUT2D eigenvalue weighted by molar-refractivity contribution is -0.00416. The number of halogens is 2. The second-order valence-electron chi connectivity index (χ2n) is 5.98. The van der Waals surface area contributed by atoms with Crippen molar-refractivity contribution in [1.29, 1.82) is 0 Å². The van der Waals surface area contributed by atoms with Gasteiger partial charge in [0.1, 0.15) is 5.82 Å². The molecular weight excluding hydrogens is 333 g/mol. The van der Waals surface area contributed by atoms with Gasteiger partial charge in [-0.1, -0.05) is 19.1 Å². The van der Waals surface area contributed by atoms with Gasteiger partial charge in [0.15, 0.2) is 0 Å². The molecule has 116 valence electrons. The van der Waals surface area contributed by atoms with Gasteiger partial charge in [0.05, 0.1) is 10.5 Å². The van der Waals surface area contributed by atoms with Gasteiger partial charge < -0.3 is 5.32 Å². The summed E-state index contributed by atoms with van der Waals surface area (Å²) in [4.78, 5) is 5.02. The summed E-state index contributed by atoms with van der Waals surface area (Å²) in [6.07, 6.45) is 1.06. The Morgan fingerprint density at radius 3 is 2.71 bits per heavy atom. The summed E-state index contributed by atoms with van der Waals surface area (Å²) in [5.74, 6) is -0.122. The van der Waals surface area contributed by atoms with Crippen molar-refractivity contribution >= 4 is 15.9 Å². The molecule has 1 aromatic carbocycles. The molecule has 5 heteroatoms. The van der Waals surface area contributed by atoms with Crippen LogP contribution in [0.25, 0.3) is 0 Å². The molecule has 0 aliphatic carbocycles. The summed E-state index contributed by atoms with van der Waals surface area (Å²) in [7, 11) is 0. The maximum absolute atomic E-state index is 14.6. The van der Waals surface area contributed by atoms with E-state index in [1.165, 1.54) is 0 Å². The standard InChI is InChI=1S/C16H23BrFN3/c1-2-6-19-16(12-4-3-5-13(17)15(12)18)14-11-20-7-9-21(14)10-8-20/h3-5,14,16,19H,2,6-11H2,1H3. The van der Waals surface area contributed by atoms with E-state index in [0.29, 0.717) is 10.5 Å². The molecule has 0 radical (unpaired) electrons. The maximum Gasteiger partial charge on any atom is 0.142 e. The van der Waals surface area contributed by atoms with Crippen LogP contribution in [0.15, 0.2) is 22.7 Å². The zero-order valence-corrected chi connectivity index (χ0v) is 14.1. The van der Waals surface area contributed by atoms with E-state index in [4.69, 9.17) is 0 Å². The largest absolute Gasteiger partial charge is 0.309 e. The predicted octanol–water partition coefficient (Wildman–Crippen LogP) is 2.63. The molecule has 1 N–H and O–H groups in total. The smallest absolute Gasteiger partial charge is 0.142 e. The highest BCUT2D eigenvalue weighted by Crippen LogP contribution is 2.31. The number of fused-ring (bicyclic) bond motifs is 3. The third-order valence-corrected chi connectivity index (χ3v) is 5.25. The fourth-order valence-electron chi connectivity index (χ4n) is 3.49. The van der Waals surface area contributed by atoms with Crippen molar-refractivity contribution in [2.45, 2.75) is 25.4 Å². The molecular formula is C16H23BrFN3. The van der Waals surface area contributed by atoms with Crippen LogP contribution in [0.3, 0.4) is 0 Å². The molecule has 3 saturated heterocycles. The van der Waals surface area contributed by atoms with Crippen molar-refractivity contribution in [2.75, 3.05) is 39.3 Å². The van der Waals surface area contributed by atoms with Crippen LogP contribution in [0, 0.1) is 5.82 Å². The first-order valence-corrected chi connectivity index (χ1v) is 8.63. The molecule has 3 aliphatic heterocycles. The second-order valence-corrected chi connectivity index (χ2v) is 6.83. The van der Waals surface area contributed by atoms with E-state index < -0.39 is 0 Å². The first kappa shape index (κ1) is 15.4. The van der Waals surface area contributed by atoms with Crippen molar-refractivity contribution in [3.63, 3.8) is 0 Å². The maximum atomic E-state index is 14.6. The van der Waals surface area contributed by atoms with Crippen LogP contribution < -0.4 is 5.32 Å². The Kier molecular flexibility index (Phi) is 4.94. The van der Waals surface area contributed by atoms with E-state index >= 15 is 0 Å². The molecule has 3 aliphatic rings. The quantitative estimate of drug-likeness (QED) is 0.875. The van der Waals surface area contributed by atoms with Crippen LogP contribution in [0.5, 0.6) is 0 Å². The highest BCUT2D eigenvalue weighted by atomic mass is 79.9. The zero-order valence-electron chi connectivity index (χ0n) is 12.5.